The Bertz CT molecular complexity index is 1310. The van der Waals surface area contributed by atoms with Crippen LogP contribution in [0.2, 0.25) is 0 Å². The van der Waals surface area contributed by atoms with Crippen LogP contribution in [0.15, 0.2) is 60.9 Å². The zero-order chi connectivity index (χ0) is 22.4. The Hall–Kier alpha value is -3.51. The van der Waals surface area contributed by atoms with E-state index in [9.17, 15) is 5.11 Å². The number of aliphatic hydroxyl groups is 1. The van der Waals surface area contributed by atoms with E-state index in [2.05, 4.69) is 75.8 Å². The molecule has 1 aliphatic carbocycles. The monoisotopic (exact) mass is 440 g/mol. The van der Waals surface area contributed by atoms with Crippen LogP contribution < -0.4 is 15.0 Å². The number of hydrogen-bond donors (Lipinski definition) is 3. The Labute approximate surface area is 193 Å². The van der Waals surface area contributed by atoms with Gasteiger partial charge in [0.1, 0.15) is 11.9 Å². The van der Waals surface area contributed by atoms with Gasteiger partial charge in [0.2, 0.25) is 0 Å². The highest BCUT2D eigenvalue weighted by atomic mass is 16.5. The van der Waals surface area contributed by atoms with Crippen molar-refractivity contribution in [2.75, 3.05) is 23.3 Å². The average Bonchev–Trinajstić information content (AvgIpc) is 3.41. The number of H-pyrrole nitrogens is 1. The predicted molar refractivity (Wildman–Crippen MR) is 132 cm³/mol. The van der Waals surface area contributed by atoms with Gasteiger partial charge >= 0.3 is 0 Å². The first-order valence-electron chi connectivity index (χ1n) is 11.7. The van der Waals surface area contributed by atoms with Gasteiger partial charge in [0, 0.05) is 47.3 Å². The van der Waals surface area contributed by atoms with Crippen molar-refractivity contribution < 1.29 is 9.84 Å². The van der Waals surface area contributed by atoms with Crippen LogP contribution in [0.1, 0.15) is 36.3 Å². The zero-order valence-corrected chi connectivity index (χ0v) is 18.7. The molecule has 2 atom stereocenters. The summed E-state index contributed by atoms with van der Waals surface area (Å²) >= 11 is 0. The van der Waals surface area contributed by atoms with Crippen molar-refractivity contribution in [3.05, 3.63) is 77.7 Å². The summed E-state index contributed by atoms with van der Waals surface area (Å²) in [6, 6.07) is 16.8. The van der Waals surface area contributed by atoms with Gasteiger partial charge < -0.3 is 25.0 Å². The van der Waals surface area contributed by atoms with Gasteiger partial charge in [-0.2, -0.15) is 0 Å². The number of para-hydroxylation sites is 1. The molecule has 4 aromatic rings. The van der Waals surface area contributed by atoms with Gasteiger partial charge in [0.05, 0.1) is 24.0 Å². The number of aromatic nitrogens is 2. The van der Waals surface area contributed by atoms with Gasteiger partial charge in [-0.1, -0.05) is 18.2 Å². The molecule has 0 bridgehead atoms. The summed E-state index contributed by atoms with van der Waals surface area (Å²) in [4.78, 5) is 10.2. The molecule has 3 N–H and O–H groups in total. The van der Waals surface area contributed by atoms with Crippen molar-refractivity contribution >= 4 is 28.0 Å². The average molecular weight is 441 g/mol. The third-order valence-corrected chi connectivity index (χ3v) is 6.78. The highest BCUT2D eigenvalue weighted by Crippen LogP contribution is 2.39. The molecule has 6 rings (SSSR count). The number of aromatic amines is 1. The molecule has 0 fully saturated rings. The number of nitrogens with one attached hydrogen (secondary N) is 2. The molecule has 2 aliphatic rings. The summed E-state index contributed by atoms with van der Waals surface area (Å²) in [5.41, 5.74) is 7.57. The molecule has 0 saturated carbocycles. The highest BCUT2D eigenvalue weighted by Gasteiger charge is 2.26. The van der Waals surface area contributed by atoms with Crippen LogP contribution in [-0.4, -0.2) is 34.3 Å². The maximum Gasteiger partial charge on any atom is 0.145 e. The van der Waals surface area contributed by atoms with Crippen molar-refractivity contribution in [1.29, 1.82) is 0 Å². The minimum Gasteiger partial charge on any atom is -0.487 e. The molecule has 0 amide bonds. The Morgan fingerprint density at radius 3 is 3.06 bits per heavy atom. The Balaban J connectivity index is 1.23. The van der Waals surface area contributed by atoms with Crippen LogP contribution in [0.4, 0.5) is 17.1 Å². The van der Waals surface area contributed by atoms with E-state index >= 15 is 0 Å². The second-order valence-electron chi connectivity index (χ2n) is 9.07. The minimum absolute atomic E-state index is 0.121. The van der Waals surface area contributed by atoms with E-state index in [1.165, 1.54) is 16.5 Å². The number of pyridine rings is 1. The summed E-state index contributed by atoms with van der Waals surface area (Å²) in [7, 11) is 0. The van der Waals surface area contributed by atoms with Crippen LogP contribution >= 0.6 is 0 Å². The van der Waals surface area contributed by atoms with Crippen LogP contribution in [0, 0.1) is 0 Å². The molecule has 168 valence electrons. The molecule has 6 heteroatoms. The van der Waals surface area contributed by atoms with Crippen LogP contribution in [0.5, 0.6) is 5.75 Å². The molecular weight excluding hydrogens is 412 g/mol. The van der Waals surface area contributed by atoms with Crippen LogP contribution in [0.25, 0.3) is 10.9 Å². The van der Waals surface area contributed by atoms with Crippen molar-refractivity contribution in [1.82, 2.24) is 9.97 Å². The molecule has 2 aromatic heterocycles. The number of fused-ring (bicyclic) bond motifs is 3. The Kier molecular flexibility index (Phi) is 4.95. The number of anilines is 3. The SMILES string of the molecule is C[C@@H]1CN(CCc2c[nH]c3ccccc23)c2ccc(Nc3ccnc4c3CC[C@H]4O)cc2O1. The molecular formula is C27H28N4O2. The molecule has 0 unspecified atom stereocenters. The molecule has 6 nitrogen and oxygen atoms in total. The van der Waals surface area contributed by atoms with Crippen LogP contribution in [-0.2, 0) is 12.8 Å². The Morgan fingerprint density at radius 1 is 1.21 bits per heavy atom. The van der Waals surface area contributed by atoms with Crippen molar-refractivity contribution in [2.24, 2.45) is 0 Å². The molecule has 1 aliphatic heterocycles. The molecule has 33 heavy (non-hydrogen) atoms. The minimum atomic E-state index is -0.458. The topological polar surface area (TPSA) is 73.4 Å². The summed E-state index contributed by atoms with van der Waals surface area (Å²) in [6.45, 7) is 3.93. The molecule has 0 spiro atoms. The third-order valence-electron chi connectivity index (χ3n) is 6.78. The van der Waals surface area contributed by atoms with E-state index < -0.39 is 6.10 Å². The number of nitrogens with zero attached hydrogens (tertiary/aromatic N) is 2. The maximum absolute atomic E-state index is 10.1. The number of hydrogen-bond acceptors (Lipinski definition) is 5. The van der Waals surface area contributed by atoms with Gasteiger partial charge in [-0.25, -0.2) is 0 Å². The lowest BCUT2D eigenvalue weighted by molar-refractivity contribution is 0.176. The van der Waals surface area contributed by atoms with Gasteiger partial charge in [-0.15, -0.1) is 0 Å². The van der Waals surface area contributed by atoms with Crippen molar-refractivity contribution in [2.45, 2.75) is 38.4 Å². The summed E-state index contributed by atoms with van der Waals surface area (Å²) < 4.78 is 6.22. The molecule has 2 aromatic carbocycles. The lowest BCUT2D eigenvalue weighted by atomic mass is 10.1. The van der Waals surface area contributed by atoms with E-state index in [4.69, 9.17) is 4.74 Å². The molecule has 3 heterocycles. The van der Waals surface area contributed by atoms with E-state index in [0.29, 0.717) is 0 Å². The third kappa shape index (κ3) is 3.70. The largest absolute Gasteiger partial charge is 0.487 e. The van der Waals surface area contributed by atoms with Gasteiger partial charge in [-0.05, 0) is 61.6 Å². The molecule has 0 saturated heterocycles. The van der Waals surface area contributed by atoms with E-state index in [0.717, 1.165) is 66.4 Å². The van der Waals surface area contributed by atoms with Crippen LogP contribution in [0.3, 0.4) is 0 Å². The lowest BCUT2D eigenvalue weighted by Gasteiger charge is -2.35. The van der Waals surface area contributed by atoms with Gasteiger partial charge in [0.15, 0.2) is 0 Å². The number of rotatable bonds is 5. The smallest absolute Gasteiger partial charge is 0.145 e. The predicted octanol–water partition coefficient (Wildman–Crippen LogP) is 5.12. The number of benzene rings is 2. The summed E-state index contributed by atoms with van der Waals surface area (Å²) in [5.74, 6) is 0.906. The van der Waals surface area contributed by atoms with Gasteiger partial charge in [0.25, 0.3) is 0 Å². The van der Waals surface area contributed by atoms with E-state index in [1.54, 1.807) is 6.20 Å². The highest BCUT2D eigenvalue weighted by molar-refractivity contribution is 5.83. The first-order valence-corrected chi connectivity index (χ1v) is 11.7. The van der Waals surface area contributed by atoms with E-state index in [1.807, 2.05) is 6.07 Å². The normalized spacial score (nSPS) is 19.3. The standard InChI is InChI=1S/C27H28N4O2/c1-17-16-31(13-11-18-15-29-22-5-3-2-4-20(18)22)24-8-6-19(14-26(24)33-17)30-23-10-12-28-27-21(23)7-9-25(27)32/h2-6,8,10,12,14-15,17,25,29,32H,7,9,11,13,16H2,1H3,(H,28,30)/t17-,25-/m1/s1. The lowest BCUT2D eigenvalue weighted by Crippen LogP contribution is -2.39. The van der Waals surface area contributed by atoms with Crippen molar-refractivity contribution in [3.63, 3.8) is 0 Å². The number of ether oxygens (including phenoxy) is 1. The molecule has 0 radical (unpaired) electrons. The maximum atomic E-state index is 10.1. The summed E-state index contributed by atoms with van der Waals surface area (Å²) in [6.07, 6.45) is 6.10. The first-order chi connectivity index (χ1) is 16.2. The fourth-order valence-electron chi connectivity index (χ4n) is 5.16. The number of aliphatic hydroxyl groups excluding tert-OH is 1. The van der Waals surface area contributed by atoms with Gasteiger partial charge in [-0.3, -0.25) is 4.98 Å². The quantitative estimate of drug-likeness (QED) is 0.402. The second kappa shape index (κ2) is 8.12. The fraction of sp³-hybridized carbons (Fsp3) is 0.296. The Morgan fingerprint density at radius 2 is 2.12 bits per heavy atom. The zero-order valence-electron chi connectivity index (χ0n) is 18.7. The second-order valence-corrected chi connectivity index (χ2v) is 9.07. The van der Waals surface area contributed by atoms with E-state index in [-0.39, 0.29) is 6.10 Å². The fourth-order valence-corrected chi connectivity index (χ4v) is 5.16. The first kappa shape index (κ1) is 20.1. The van der Waals surface area contributed by atoms with Crippen molar-refractivity contribution in [3.8, 4) is 5.75 Å². The summed E-state index contributed by atoms with van der Waals surface area (Å²) in [5, 5.41) is 15.0.